The Kier molecular flexibility index (Phi) is 5.09. The third-order valence-corrected chi connectivity index (χ3v) is 12.8. The van der Waals surface area contributed by atoms with Crippen LogP contribution in [0.15, 0.2) is 0 Å². The van der Waals surface area contributed by atoms with Crippen LogP contribution in [0.2, 0.25) is 5.04 Å². The van der Waals surface area contributed by atoms with Gasteiger partial charge in [0.25, 0.3) is 0 Å². The molecule has 0 N–H and O–H groups in total. The Morgan fingerprint density at radius 1 is 0.773 bits per heavy atom. The zero-order valence-electron chi connectivity index (χ0n) is 17.1. The van der Waals surface area contributed by atoms with Gasteiger partial charge in [-0.15, -0.1) is 11.1 Å². The topological polar surface area (TPSA) is 6.48 Å². The van der Waals surface area contributed by atoms with Crippen molar-refractivity contribution >= 4 is 18.8 Å². The lowest BCUT2D eigenvalue weighted by molar-refractivity contribution is 0.112. The Morgan fingerprint density at radius 2 is 1.18 bits per heavy atom. The highest BCUT2D eigenvalue weighted by molar-refractivity contribution is 7.19. The SMILES string of the molecule is CC(C)(C)C1CN(C(C)(C)C)[Si](Cl)(C(C)(C)C)N1C(C)(C)C. The van der Waals surface area contributed by atoms with Crippen LogP contribution >= 0.6 is 11.1 Å². The van der Waals surface area contributed by atoms with Crippen molar-refractivity contribution in [3.8, 4) is 0 Å². The minimum absolute atomic E-state index is 0.0686. The summed E-state index contributed by atoms with van der Waals surface area (Å²) < 4.78 is 5.37. The van der Waals surface area contributed by atoms with Crippen LogP contribution in [0, 0.1) is 5.41 Å². The Bertz CT molecular complexity index is 409. The molecule has 2 unspecified atom stereocenters. The Balaban J connectivity index is 3.61. The van der Waals surface area contributed by atoms with Crippen LogP contribution in [-0.2, 0) is 0 Å². The number of halogens is 1. The summed E-state index contributed by atoms with van der Waals surface area (Å²) in [5.74, 6) is 0. The van der Waals surface area contributed by atoms with E-state index in [0.29, 0.717) is 6.04 Å². The average Bonchev–Trinajstić information content (AvgIpc) is 2.49. The molecule has 1 saturated heterocycles. The van der Waals surface area contributed by atoms with E-state index in [4.69, 9.17) is 11.1 Å². The molecule has 1 aliphatic heterocycles. The van der Waals surface area contributed by atoms with Gasteiger partial charge >= 0.3 is 7.71 Å². The van der Waals surface area contributed by atoms with E-state index in [0.717, 1.165) is 6.54 Å². The van der Waals surface area contributed by atoms with E-state index in [-0.39, 0.29) is 21.5 Å². The molecule has 1 aliphatic rings. The molecule has 132 valence electrons. The maximum Gasteiger partial charge on any atom is 0.314 e. The first-order valence-corrected chi connectivity index (χ1v) is 11.5. The Hall–Kier alpha value is 0.427. The normalized spacial score (nSPS) is 30.1. The molecule has 0 aromatic carbocycles. The zero-order chi connectivity index (χ0) is 17.9. The van der Waals surface area contributed by atoms with Gasteiger partial charge in [0.2, 0.25) is 0 Å². The number of nitrogens with zero attached hydrogens (tertiary/aromatic N) is 2. The molecule has 4 heteroatoms. The Labute approximate surface area is 145 Å². The van der Waals surface area contributed by atoms with Crippen LogP contribution in [0.1, 0.15) is 83.1 Å². The molecule has 0 aliphatic carbocycles. The number of hydrogen-bond donors (Lipinski definition) is 0. The summed E-state index contributed by atoms with van der Waals surface area (Å²) in [5.41, 5.74) is 0.371. The summed E-state index contributed by atoms with van der Waals surface area (Å²) in [6.07, 6.45) is 0. The van der Waals surface area contributed by atoms with Gasteiger partial charge in [0.15, 0.2) is 0 Å². The highest BCUT2D eigenvalue weighted by Crippen LogP contribution is 2.55. The van der Waals surface area contributed by atoms with E-state index in [1.807, 2.05) is 0 Å². The van der Waals surface area contributed by atoms with Gasteiger partial charge < -0.3 is 0 Å². The zero-order valence-corrected chi connectivity index (χ0v) is 18.8. The molecular weight excluding hydrogens is 308 g/mol. The Morgan fingerprint density at radius 3 is 1.41 bits per heavy atom. The molecule has 0 spiro atoms. The molecule has 0 bridgehead atoms. The first kappa shape index (κ1) is 20.5. The smallest absolute Gasteiger partial charge is 0.293 e. The highest BCUT2D eigenvalue weighted by atomic mass is 35.6. The van der Waals surface area contributed by atoms with E-state index >= 15 is 0 Å². The van der Waals surface area contributed by atoms with Gasteiger partial charge in [0.05, 0.1) is 0 Å². The lowest BCUT2D eigenvalue weighted by Crippen LogP contribution is -2.69. The van der Waals surface area contributed by atoms with Crippen LogP contribution in [0.3, 0.4) is 0 Å². The first-order chi connectivity index (χ1) is 9.34. The summed E-state index contributed by atoms with van der Waals surface area (Å²) in [4.78, 5) is 0. The standard InChI is InChI=1S/C18H39ClN2Si/c1-15(2,3)14-13-20(16(4,5)6)22(19,18(10,11)12)21(14)17(7,8)9/h14H,13H2,1-12H3. The van der Waals surface area contributed by atoms with E-state index in [9.17, 15) is 0 Å². The maximum absolute atomic E-state index is 7.64. The summed E-state index contributed by atoms with van der Waals surface area (Å²) >= 11 is 7.64. The predicted octanol–water partition coefficient (Wildman–Crippen LogP) is 5.59. The fourth-order valence-electron chi connectivity index (χ4n) is 3.77. The molecule has 0 saturated carbocycles. The number of hydrogen-bond acceptors (Lipinski definition) is 2. The summed E-state index contributed by atoms with van der Waals surface area (Å²) in [6, 6.07) is 0.482. The molecule has 22 heavy (non-hydrogen) atoms. The molecule has 0 radical (unpaired) electrons. The van der Waals surface area contributed by atoms with E-state index in [1.165, 1.54) is 0 Å². The van der Waals surface area contributed by atoms with Crippen molar-refractivity contribution in [2.45, 2.75) is 105 Å². The van der Waals surface area contributed by atoms with Crippen molar-refractivity contribution in [2.24, 2.45) is 5.41 Å². The monoisotopic (exact) mass is 346 g/mol. The van der Waals surface area contributed by atoms with Crippen LogP contribution in [-0.4, -0.2) is 40.5 Å². The largest absolute Gasteiger partial charge is 0.314 e. The first-order valence-electron chi connectivity index (χ1n) is 8.60. The molecule has 2 atom stereocenters. The van der Waals surface area contributed by atoms with Gasteiger partial charge in [-0.3, -0.25) is 9.13 Å². The average molecular weight is 347 g/mol. The van der Waals surface area contributed by atoms with Crippen molar-refractivity contribution in [1.29, 1.82) is 0 Å². The van der Waals surface area contributed by atoms with Crippen LogP contribution < -0.4 is 0 Å². The molecule has 0 amide bonds. The van der Waals surface area contributed by atoms with Crippen LogP contribution in [0.4, 0.5) is 0 Å². The molecule has 1 fully saturated rings. The lowest BCUT2D eigenvalue weighted by Gasteiger charge is -2.55. The third-order valence-electron chi connectivity index (χ3n) is 4.83. The van der Waals surface area contributed by atoms with Gasteiger partial charge in [0, 0.05) is 23.7 Å². The second kappa shape index (κ2) is 5.47. The fourth-order valence-corrected chi connectivity index (χ4v) is 10.7. The summed E-state index contributed by atoms with van der Waals surface area (Å²) in [5, 5.41) is 0.0785. The molecule has 1 rings (SSSR count). The van der Waals surface area contributed by atoms with Crippen molar-refractivity contribution < 1.29 is 0 Å². The van der Waals surface area contributed by atoms with Crippen LogP contribution in [0.25, 0.3) is 0 Å². The van der Waals surface area contributed by atoms with E-state index < -0.39 is 7.71 Å². The molecule has 0 aromatic rings. The van der Waals surface area contributed by atoms with Crippen molar-refractivity contribution in [1.82, 2.24) is 9.13 Å². The molecule has 0 aromatic heterocycles. The quantitative estimate of drug-likeness (QED) is 0.416. The van der Waals surface area contributed by atoms with Crippen molar-refractivity contribution in [3.05, 3.63) is 0 Å². The van der Waals surface area contributed by atoms with Gasteiger partial charge in [-0.1, -0.05) is 41.5 Å². The fraction of sp³-hybridized carbons (Fsp3) is 1.00. The second-order valence-corrected chi connectivity index (χ2v) is 16.3. The second-order valence-electron chi connectivity index (χ2n) is 11.0. The predicted molar refractivity (Wildman–Crippen MR) is 103 cm³/mol. The molecule has 2 nitrogen and oxygen atoms in total. The van der Waals surface area contributed by atoms with Gasteiger partial charge in [-0.2, -0.15) is 0 Å². The summed E-state index contributed by atoms with van der Waals surface area (Å²) in [6.45, 7) is 29.0. The van der Waals surface area contributed by atoms with Gasteiger partial charge in [0.1, 0.15) is 0 Å². The number of rotatable bonds is 0. The van der Waals surface area contributed by atoms with E-state index in [1.54, 1.807) is 0 Å². The van der Waals surface area contributed by atoms with Crippen LogP contribution in [0.5, 0.6) is 0 Å². The minimum Gasteiger partial charge on any atom is -0.293 e. The minimum atomic E-state index is -2.35. The summed E-state index contributed by atoms with van der Waals surface area (Å²) in [7, 11) is -2.35. The molecular formula is C18H39ClN2Si. The lowest BCUT2D eigenvalue weighted by atomic mass is 9.84. The third kappa shape index (κ3) is 3.43. The molecule has 1 heterocycles. The van der Waals surface area contributed by atoms with Crippen molar-refractivity contribution in [3.63, 3.8) is 0 Å². The van der Waals surface area contributed by atoms with Crippen molar-refractivity contribution in [2.75, 3.05) is 6.54 Å². The highest BCUT2D eigenvalue weighted by Gasteiger charge is 2.66. The van der Waals surface area contributed by atoms with Gasteiger partial charge in [-0.25, -0.2) is 0 Å². The van der Waals surface area contributed by atoms with Gasteiger partial charge in [-0.05, 0) is 52.0 Å². The maximum atomic E-state index is 7.64. The van der Waals surface area contributed by atoms with E-state index in [2.05, 4.69) is 92.2 Å².